The van der Waals surface area contributed by atoms with E-state index >= 15 is 0 Å². The molecule has 0 aromatic carbocycles. The van der Waals surface area contributed by atoms with Gasteiger partial charge in [0, 0.05) is 20.1 Å². The monoisotopic (exact) mass is 332 g/mol. The van der Waals surface area contributed by atoms with Crippen molar-refractivity contribution < 1.29 is 19.0 Å². The number of ether oxygens (including phenoxy) is 3. The van der Waals surface area contributed by atoms with Crippen LogP contribution >= 0.6 is 0 Å². The van der Waals surface area contributed by atoms with Gasteiger partial charge in [-0.25, -0.2) is 0 Å². The van der Waals surface area contributed by atoms with E-state index in [4.69, 9.17) is 14.2 Å². The summed E-state index contributed by atoms with van der Waals surface area (Å²) in [5.41, 5.74) is 0. The van der Waals surface area contributed by atoms with Crippen LogP contribution in [0, 0.1) is 5.92 Å². The second kappa shape index (κ2) is 13.7. The second-order valence-corrected chi connectivity index (χ2v) is 6.55. The third kappa shape index (κ3) is 14.6. The van der Waals surface area contributed by atoms with Gasteiger partial charge in [0.15, 0.2) is 0 Å². The summed E-state index contributed by atoms with van der Waals surface area (Å²) in [6, 6.07) is 0. The van der Waals surface area contributed by atoms with Crippen LogP contribution < -0.4 is 0 Å². The highest BCUT2D eigenvalue weighted by Gasteiger charge is 2.12. The van der Waals surface area contributed by atoms with Crippen LogP contribution in [0.1, 0.15) is 27.7 Å². The van der Waals surface area contributed by atoms with Gasteiger partial charge in [-0.3, -0.25) is 9.69 Å². The molecule has 0 unspecified atom stereocenters. The van der Waals surface area contributed by atoms with Crippen LogP contribution in [0.4, 0.5) is 0 Å². The van der Waals surface area contributed by atoms with Crippen molar-refractivity contribution in [3.63, 3.8) is 0 Å². The third-order valence-electron chi connectivity index (χ3n) is 3.13. The van der Waals surface area contributed by atoms with Crippen molar-refractivity contribution in [2.24, 2.45) is 5.92 Å². The molecule has 23 heavy (non-hydrogen) atoms. The van der Waals surface area contributed by atoms with E-state index in [0.717, 1.165) is 6.54 Å². The standard InChI is InChI=1S/C17H36N2O4/c1-15(2)13-18(5)14-17(20)19(6)7-8-21-9-10-22-11-12-23-16(3)4/h15-16H,7-14H2,1-6H3. The topological polar surface area (TPSA) is 51.2 Å². The summed E-state index contributed by atoms with van der Waals surface area (Å²) in [7, 11) is 3.79. The van der Waals surface area contributed by atoms with Crippen LogP contribution in [0.5, 0.6) is 0 Å². The lowest BCUT2D eigenvalue weighted by molar-refractivity contribution is -0.131. The molecule has 0 saturated heterocycles. The number of amides is 1. The minimum atomic E-state index is 0.124. The van der Waals surface area contributed by atoms with Gasteiger partial charge in [0.2, 0.25) is 5.91 Å². The molecule has 138 valence electrons. The molecule has 0 rings (SSSR count). The molecule has 0 atom stereocenters. The van der Waals surface area contributed by atoms with Crippen LogP contribution in [0.15, 0.2) is 0 Å². The minimum Gasteiger partial charge on any atom is -0.377 e. The molecule has 0 aliphatic carbocycles. The Morgan fingerprint density at radius 1 is 0.913 bits per heavy atom. The molecular formula is C17H36N2O4. The summed E-state index contributed by atoms with van der Waals surface area (Å²) in [4.78, 5) is 15.8. The van der Waals surface area contributed by atoms with Crippen molar-refractivity contribution in [3.8, 4) is 0 Å². The average molecular weight is 332 g/mol. The predicted molar refractivity (Wildman–Crippen MR) is 92.7 cm³/mol. The zero-order chi connectivity index (χ0) is 17.7. The van der Waals surface area contributed by atoms with Crippen LogP contribution in [-0.4, -0.2) is 88.6 Å². The Morgan fingerprint density at radius 3 is 2.04 bits per heavy atom. The third-order valence-corrected chi connectivity index (χ3v) is 3.13. The fourth-order valence-electron chi connectivity index (χ4n) is 2.03. The van der Waals surface area contributed by atoms with E-state index in [0.29, 0.717) is 52.0 Å². The Kier molecular flexibility index (Phi) is 13.3. The van der Waals surface area contributed by atoms with E-state index in [1.165, 1.54) is 0 Å². The molecule has 0 fully saturated rings. The molecule has 0 spiro atoms. The first-order valence-corrected chi connectivity index (χ1v) is 8.52. The molecule has 0 saturated carbocycles. The molecule has 1 amide bonds. The Morgan fingerprint density at radius 2 is 1.48 bits per heavy atom. The zero-order valence-corrected chi connectivity index (χ0v) is 15.8. The molecule has 0 N–H and O–H groups in total. The molecule has 0 heterocycles. The van der Waals surface area contributed by atoms with Crippen LogP contribution in [0.3, 0.4) is 0 Å². The normalized spacial score (nSPS) is 11.7. The molecule has 0 aliphatic rings. The van der Waals surface area contributed by atoms with Gasteiger partial charge in [0.25, 0.3) is 0 Å². The summed E-state index contributed by atoms with van der Waals surface area (Å²) in [5.74, 6) is 0.686. The van der Waals surface area contributed by atoms with Gasteiger partial charge < -0.3 is 19.1 Å². The molecule has 0 bridgehead atoms. The largest absolute Gasteiger partial charge is 0.377 e. The molecule has 6 nitrogen and oxygen atoms in total. The maximum atomic E-state index is 12.0. The molecular weight excluding hydrogens is 296 g/mol. The maximum Gasteiger partial charge on any atom is 0.236 e. The Bertz CT molecular complexity index is 298. The molecule has 0 radical (unpaired) electrons. The van der Waals surface area contributed by atoms with Gasteiger partial charge in [0.05, 0.1) is 45.7 Å². The Hall–Kier alpha value is -0.690. The van der Waals surface area contributed by atoms with Crippen LogP contribution in [0.2, 0.25) is 0 Å². The second-order valence-electron chi connectivity index (χ2n) is 6.55. The van der Waals surface area contributed by atoms with E-state index in [2.05, 4.69) is 18.7 Å². The summed E-state index contributed by atoms with van der Waals surface area (Å²) < 4.78 is 16.2. The molecule has 6 heteroatoms. The van der Waals surface area contributed by atoms with Crippen molar-refractivity contribution in [1.29, 1.82) is 0 Å². The number of nitrogens with zero attached hydrogens (tertiary/aromatic N) is 2. The number of rotatable bonds is 14. The van der Waals surface area contributed by atoms with E-state index in [1.54, 1.807) is 4.90 Å². The molecule has 0 aromatic heterocycles. The number of hydrogen-bond donors (Lipinski definition) is 0. The molecule has 0 aromatic rings. The first kappa shape index (κ1) is 22.3. The van der Waals surface area contributed by atoms with E-state index in [9.17, 15) is 4.79 Å². The zero-order valence-electron chi connectivity index (χ0n) is 15.8. The molecule has 0 aliphatic heterocycles. The predicted octanol–water partition coefficient (Wildman–Crippen LogP) is 1.49. The van der Waals surface area contributed by atoms with E-state index in [1.807, 2.05) is 27.9 Å². The number of carbonyl (C=O) groups is 1. The van der Waals surface area contributed by atoms with Crippen LogP contribution in [0.25, 0.3) is 0 Å². The quantitative estimate of drug-likeness (QED) is 0.451. The van der Waals surface area contributed by atoms with Crippen molar-refractivity contribution in [1.82, 2.24) is 9.80 Å². The highest BCUT2D eigenvalue weighted by atomic mass is 16.5. The first-order valence-electron chi connectivity index (χ1n) is 8.52. The summed E-state index contributed by atoms with van der Waals surface area (Å²) in [6.07, 6.45) is 0.238. The Balaban J connectivity index is 3.51. The lowest BCUT2D eigenvalue weighted by Crippen LogP contribution is -2.39. The highest BCUT2D eigenvalue weighted by Crippen LogP contribution is 1.97. The minimum absolute atomic E-state index is 0.124. The van der Waals surface area contributed by atoms with Gasteiger partial charge in [0.1, 0.15) is 0 Å². The number of hydrogen-bond acceptors (Lipinski definition) is 5. The van der Waals surface area contributed by atoms with Gasteiger partial charge in [-0.1, -0.05) is 13.8 Å². The van der Waals surface area contributed by atoms with Gasteiger partial charge in [-0.05, 0) is 26.8 Å². The SMILES string of the molecule is CC(C)CN(C)CC(=O)N(C)CCOCCOCCOC(C)C. The lowest BCUT2D eigenvalue weighted by Gasteiger charge is -2.23. The average Bonchev–Trinajstić information content (AvgIpc) is 2.43. The fourth-order valence-corrected chi connectivity index (χ4v) is 2.03. The first-order chi connectivity index (χ1) is 10.8. The highest BCUT2D eigenvalue weighted by molar-refractivity contribution is 5.77. The smallest absolute Gasteiger partial charge is 0.236 e. The number of carbonyl (C=O) groups excluding carboxylic acids is 1. The lowest BCUT2D eigenvalue weighted by atomic mass is 10.2. The summed E-state index contributed by atoms with van der Waals surface area (Å²) in [6.45, 7) is 13.1. The van der Waals surface area contributed by atoms with Gasteiger partial charge >= 0.3 is 0 Å². The van der Waals surface area contributed by atoms with Crippen LogP contribution in [-0.2, 0) is 19.0 Å². The van der Waals surface area contributed by atoms with Crippen molar-refractivity contribution in [2.45, 2.75) is 33.8 Å². The van der Waals surface area contributed by atoms with Crippen molar-refractivity contribution >= 4 is 5.91 Å². The number of likely N-dealkylation sites (N-methyl/N-ethyl adjacent to an activating group) is 2. The van der Waals surface area contributed by atoms with Crippen molar-refractivity contribution in [3.05, 3.63) is 0 Å². The summed E-state index contributed by atoms with van der Waals surface area (Å²) >= 11 is 0. The van der Waals surface area contributed by atoms with Crippen molar-refractivity contribution in [2.75, 3.05) is 66.8 Å². The van der Waals surface area contributed by atoms with E-state index in [-0.39, 0.29) is 12.0 Å². The van der Waals surface area contributed by atoms with Gasteiger partial charge in [-0.2, -0.15) is 0 Å². The summed E-state index contributed by atoms with van der Waals surface area (Å²) in [5, 5.41) is 0. The van der Waals surface area contributed by atoms with Gasteiger partial charge in [-0.15, -0.1) is 0 Å². The maximum absolute atomic E-state index is 12.0. The van der Waals surface area contributed by atoms with E-state index < -0.39 is 0 Å². The Labute approximate surface area is 142 Å². The fraction of sp³-hybridized carbons (Fsp3) is 0.941.